The normalized spacial score (nSPS) is 30.9. The summed E-state index contributed by atoms with van der Waals surface area (Å²) in [5.74, 6) is -5.42. The van der Waals surface area contributed by atoms with Gasteiger partial charge in [0, 0.05) is 18.7 Å². The third-order valence-electron chi connectivity index (χ3n) is 9.87. The van der Waals surface area contributed by atoms with Gasteiger partial charge in [-0.3, -0.25) is 19.7 Å². The Morgan fingerprint density at radius 1 is 0.700 bits per heavy atom. The monoisotopic (exact) mass is 718 g/mol. The molecule has 292 valence electrons. The van der Waals surface area contributed by atoms with Crippen LogP contribution >= 0.6 is 0 Å². The second-order valence-electron chi connectivity index (χ2n) is 15.3. The third kappa shape index (κ3) is 14.6. The van der Waals surface area contributed by atoms with Gasteiger partial charge in [-0.25, -0.2) is 0 Å². The highest BCUT2D eigenvalue weighted by molar-refractivity contribution is 5.79. The molecule has 14 nitrogen and oxygen atoms in total. The van der Waals surface area contributed by atoms with Crippen molar-refractivity contribution in [2.24, 2.45) is 11.8 Å². The number of carbonyl (C=O) groups excluding carboxylic acids is 1. The van der Waals surface area contributed by atoms with Gasteiger partial charge in [0.25, 0.3) is 0 Å². The van der Waals surface area contributed by atoms with Crippen molar-refractivity contribution in [2.75, 3.05) is 13.2 Å². The fraction of sp³-hybridized carbons (Fsp3) is 0.917. The van der Waals surface area contributed by atoms with Gasteiger partial charge in [0.05, 0.1) is 36.3 Å². The Balaban J connectivity index is 1.88. The Labute approximate surface area is 297 Å². The molecule has 0 aromatic rings. The van der Waals surface area contributed by atoms with Crippen LogP contribution in [0.15, 0.2) is 0 Å². The van der Waals surface area contributed by atoms with Gasteiger partial charge in [0.2, 0.25) is 5.91 Å². The molecule has 0 aliphatic heterocycles. The van der Waals surface area contributed by atoms with Crippen LogP contribution in [-0.2, 0) is 23.9 Å². The molecule has 2 aliphatic carbocycles. The molecule has 50 heavy (non-hydrogen) atoms. The Morgan fingerprint density at radius 2 is 1.26 bits per heavy atom. The predicted molar refractivity (Wildman–Crippen MR) is 185 cm³/mol. The molecule has 0 aromatic heterocycles. The van der Waals surface area contributed by atoms with E-state index in [1.54, 1.807) is 0 Å². The molecule has 0 heterocycles. The first kappa shape index (κ1) is 44.3. The van der Waals surface area contributed by atoms with E-state index in [0.717, 1.165) is 25.7 Å². The molecule has 2 fully saturated rings. The Bertz CT molecular complexity index is 1010. The number of nitrogens with one attached hydrogen (secondary N) is 2. The Hall–Kier alpha value is -1.91. The summed E-state index contributed by atoms with van der Waals surface area (Å²) in [6.45, 7) is 8.27. The largest absolute Gasteiger partial charge is 0.481 e. The van der Waals surface area contributed by atoms with E-state index in [4.69, 9.17) is 9.47 Å². The fourth-order valence-corrected chi connectivity index (χ4v) is 6.97. The maximum Gasteiger partial charge on any atom is 0.320 e. The summed E-state index contributed by atoms with van der Waals surface area (Å²) in [5.41, 5.74) is -0.393. The van der Waals surface area contributed by atoms with Crippen LogP contribution in [-0.4, -0.2) is 127 Å². The van der Waals surface area contributed by atoms with E-state index in [-0.39, 0.29) is 19.4 Å². The van der Waals surface area contributed by atoms with E-state index in [0.29, 0.717) is 25.9 Å². The average Bonchev–Trinajstić information content (AvgIpc) is 3.04. The smallest absolute Gasteiger partial charge is 0.320 e. The molecule has 2 aliphatic rings. The summed E-state index contributed by atoms with van der Waals surface area (Å²) >= 11 is 0. The van der Waals surface area contributed by atoms with Crippen LogP contribution in [0.4, 0.5) is 0 Å². The Morgan fingerprint density at radius 3 is 1.82 bits per heavy atom. The van der Waals surface area contributed by atoms with Crippen LogP contribution in [0.25, 0.3) is 0 Å². The molecule has 0 spiro atoms. The number of aliphatic hydroxyl groups is 5. The average molecular weight is 719 g/mol. The SMILES string of the molecule is CCCCCCCCCCCCO[C@@H]1C[C@H](C(=O)O)[C@@H](O[C@@H]2C[C@H](C(=O)NCCCC[C@H](NC(C)(C)C)C(=O)O)[C@@H](O)[C@H](O)[C@H]2O)[C@H](O)[C@H]1O. The van der Waals surface area contributed by atoms with Gasteiger partial charge in [0.15, 0.2) is 0 Å². The lowest BCUT2D eigenvalue weighted by Gasteiger charge is -2.45. The molecule has 0 aromatic carbocycles. The van der Waals surface area contributed by atoms with Gasteiger partial charge in [-0.05, 0) is 59.3 Å². The Kier molecular flexibility index (Phi) is 19.7. The van der Waals surface area contributed by atoms with Gasteiger partial charge >= 0.3 is 11.9 Å². The van der Waals surface area contributed by atoms with E-state index < -0.39 is 90.1 Å². The number of carbonyl (C=O) groups is 3. The van der Waals surface area contributed by atoms with Crippen molar-refractivity contribution in [1.29, 1.82) is 0 Å². The van der Waals surface area contributed by atoms with Crippen molar-refractivity contribution in [1.82, 2.24) is 10.6 Å². The summed E-state index contributed by atoms with van der Waals surface area (Å²) in [7, 11) is 0. The van der Waals surface area contributed by atoms with Crippen molar-refractivity contribution < 1.29 is 59.6 Å². The summed E-state index contributed by atoms with van der Waals surface area (Å²) in [6.07, 6.45) is 0.178. The van der Waals surface area contributed by atoms with Gasteiger partial charge in [-0.15, -0.1) is 0 Å². The number of hydrogen-bond donors (Lipinski definition) is 9. The first-order chi connectivity index (χ1) is 23.6. The third-order valence-corrected chi connectivity index (χ3v) is 9.87. The van der Waals surface area contributed by atoms with Crippen molar-refractivity contribution in [3.63, 3.8) is 0 Å². The zero-order valence-corrected chi connectivity index (χ0v) is 30.5. The molecule has 14 heteroatoms. The predicted octanol–water partition coefficient (Wildman–Crippen LogP) is 2.10. The standard InChI is InChI=1S/C36H66N2O12/c1-5-6-7-8-9-10-11-12-13-16-19-49-25-21-23(34(45)46)32(31(43)28(25)40)50-26-20-22(27(39)30(42)29(26)41)33(44)37-18-15-14-17-24(35(47)48)38-36(2,3)4/h22-32,38-43H,5-21H2,1-4H3,(H,37,44)(H,45,46)(H,47,48)/t22-,23-,24-,25+,26+,27+,28-,29-,30-,31+,32+/m0/s1. The van der Waals surface area contributed by atoms with Crippen molar-refractivity contribution in [3.8, 4) is 0 Å². The van der Waals surface area contributed by atoms with E-state index in [1.807, 2.05) is 20.8 Å². The molecule has 1 amide bonds. The molecule has 11 atom stereocenters. The number of unbranched alkanes of at least 4 members (excludes halogenated alkanes) is 10. The lowest BCUT2D eigenvalue weighted by molar-refractivity contribution is -0.237. The van der Waals surface area contributed by atoms with E-state index in [2.05, 4.69) is 17.6 Å². The van der Waals surface area contributed by atoms with Crippen LogP contribution in [0.3, 0.4) is 0 Å². The molecule has 0 saturated heterocycles. The lowest BCUT2D eigenvalue weighted by Crippen LogP contribution is -2.62. The van der Waals surface area contributed by atoms with Crippen LogP contribution in [0.5, 0.6) is 0 Å². The quantitative estimate of drug-likeness (QED) is 0.0690. The number of rotatable bonds is 23. The number of carboxylic acid groups (broad SMARTS) is 2. The molecular formula is C36H66N2O12. The molecule has 0 unspecified atom stereocenters. The molecule has 0 bridgehead atoms. The summed E-state index contributed by atoms with van der Waals surface area (Å²) in [4.78, 5) is 36.9. The molecule has 9 N–H and O–H groups in total. The topological polar surface area (TPSA) is 235 Å². The minimum absolute atomic E-state index is 0.151. The molecular weight excluding hydrogens is 652 g/mol. The van der Waals surface area contributed by atoms with E-state index in [1.165, 1.54) is 38.5 Å². The molecule has 2 rings (SSSR count). The highest BCUT2D eigenvalue weighted by Crippen LogP contribution is 2.35. The summed E-state index contributed by atoms with van der Waals surface area (Å²) in [6, 6.07) is -0.755. The maximum absolute atomic E-state index is 13.0. The number of hydrogen-bond acceptors (Lipinski definition) is 11. The van der Waals surface area contributed by atoms with Gasteiger partial charge in [0.1, 0.15) is 30.5 Å². The highest BCUT2D eigenvalue weighted by Gasteiger charge is 2.52. The maximum atomic E-state index is 13.0. The first-order valence-corrected chi connectivity index (χ1v) is 18.8. The van der Waals surface area contributed by atoms with Crippen LogP contribution in [0.1, 0.15) is 124 Å². The number of carboxylic acids is 2. The van der Waals surface area contributed by atoms with Gasteiger partial charge in [-0.2, -0.15) is 0 Å². The second-order valence-corrected chi connectivity index (χ2v) is 15.3. The highest BCUT2D eigenvalue weighted by atomic mass is 16.5. The number of aliphatic carboxylic acids is 2. The zero-order valence-electron chi connectivity index (χ0n) is 30.5. The van der Waals surface area contributed by atoms with Crippen LogP contribution in [0, 0.1) is 11.8 Å². The number of aliphatic hydroxyl groups excluding tert-OH is 5. The second kappa shape index (κ2) is 22.2. The van der Waals surface area contributed by atoms with Gasteiger partial charge in [-0.1, -0.05) is 64.7 Å². The van der Waals surface area contributed by atoms with E-state index in [9.17, 15) is 50.1 Å². The van der Waals surface area contributed by atoms with E-state index >= 15 is 0 Å². The minimum atomic E-state index is -1.80. The summed E-state index contributed by atoms with van der Waals surface area (Å²) in [5, 5.41) is 78.9. The lowest BCUT2D eigenvalue weighted by atomic mass is 9.78. The minimum Gasteiger partial charge on any atom is -0.481 e. The fourth-order valence-electron chi connectivity index (χ4n) is 6.97. The van der Waals surface area contributed by atoms with Gasteiger partial charge < -0.3 is 50.5 Å². The first-order valence-electron chi connectivity index (χ1n) is 18.8. The van der Waals surface area contributed by atoms with Crippen molar-refractivity contribution in [3.05, 3.63) is 0 Å². The number of amides is 1. The number of ether oxygens (including phenoxy) is 2. The van der Waals surface area contributed by atoms with Crippen LogP contribution < -0.4 is 10.6 Å². The summed E-state index contributed by atoms with van der Waals surface area (Å²) < 4.78 is 11.7. The molecule has 2 saturated carbocycles. The zero-order chi connectivity index (χ0) is 37.4. The molecule has 0 radical (unpaired) electrons. The van der Waals surface area contributed by atoms with Crippen LogP contribution in [0.2, 0.25) is 0 Å². The van der Waals surface area contributed by atoms with Crippen molar-refractivity contribution >= 4 is 17.8 Å². The van der Waals surface area contributed by atoms with Crippen molar-refractivity contribution in [2.45, 2.75) is 184 Å².